The smallest absolute Gasteiger partial charge is 0.459 e. The van der Waals surface area contributed by atoms with E-state index in [0.29, 0.717) is 5.02 Å². The predicted molar refractivity (Wildman–Crippen MR) is 169 cm³/mol. The van der Waals surface area contributed by atoms with E-state index in [2.05, 4.69) is 20.0 Å². The molecule has 2 aromatic carbocycles. The second kappa shape index (κ2) is 13.3. The molecular weight excluding hydrogens is 712 g/mol. The lowest BCUT2D eigenvalue weighted by molar-refractivity contribution is -0.150. The van der Waals surface area contributed by atoms with Crippen LogP contribution in [-0.2, 0) is 36.1 Å². The van der Waals surface area contributed by atoms with E-state index in [1.54, 1.807) is 0 Å². The Morgan fingerprint density at radius 1 is 1.20 bits per heavy atom. The first-order chi connectivity index (χ1) is 23.5. The summed E-state index contributed by atoms with van der Waals surface area (Å²) in [6.45, 7) is -0.0575. The third kappa shape index (κ3) is 7.10. The minimum atomic E-state index is -4.68. The Morgan fingerprint density at radius 2 is 1.90 bits per heavy atom. The van der Waals surface area contributed by atoms with Crippen molar-refractivity contribution in [1.29, 1.82) is 0 Å². The van der Waals surface area contributed by atoms with Gasteiger partial charge in [0.1, 0.15) is 35.7 Å². The minimum absolute atomic E-state index is 0.0161. The van der Waals surface area contributed by atoms with Crippen molar-refractivity contribution in [2.45, 2.75) is 62.1 Å². The van der Waals surface area contributed by atoms with Crippen molar-refractivity contribution in [2.75, 3.05) is 19.5 Å². The zero-order valence-electron chi connectivity index (χ0n) is 26.3. The summed E-state index contributed by atoms with van der Waals surface area (Å²) < 4.78 is 83.9. The van der Waals surface area contributed by atoms with Gasteiger partial charge in [-0.2, -0.15) is 28.2 Å². The molecule has 2 aromatic heterocycles. The highest BCUT2D eigenvalue weighted by Gasteiger charge is 2.58. The van der Waals surface area contributed by atoms with Crippen LogP contribution in [0.4, 0.5) is 19.1 Å². The average molecular weight is 743 g/mol. The minimum Gasteiger partial charge on any atom is -0.479 e. The van der Waals surface area contributed by atoms with E-state index in [9.17, 15) is 32.7 Å². The lowest BCUT2D eigenvalue weighted by Crippen LogP contribution is -2.45. The molecule has 0 amide bonds. The molecule has 3 heterocycles. The van der Waals surface area contributed by atoms with Crippen LogP contribution in [-0.4, -0.2) is 72.8 Å². The van der Waals surface area contributed by atoms with Gasteiger partial charge in [0, 0.05) is 10.6 Å². The highest BCUT2D eigenvalue weighted by Crippen LogP contribution is 2.53. The number of ether oxygens (including phenoxy) is 3. The maximum Gasteiger partial charge on any atom is 0.459 e. The van der Waals surface area contributed by atoms with Crippen LogP contribution in [0.5, 0.6) is 11.6 Å². The van der Waals surface area contributed by atoms with E-state index >= 15 is 0 Å². The van der Waals surface area contributed by atoms with Gasteiger partial charge in [-0.3, -0.25) is 13.9 Å². The van der Waals surface area contributed by atoms with Crippen LogP contribution >= 0.6 is 19.3 Å². The number of benzene rings is 2. The van der Waals surface area contributed by atoms with Gasteiger partial charge >= 0.3 is 19.9 Å². The van der Waals surface area contributed by atoms with E-state index in [0.717, 1.165) is 6.07 Å². The van der Waals surface area contributed by atoms with Crippen molar-refractivity contribution in [3.63, 3.8) is 0 Å². The molecule has 1 aliphatic heterocycles. The van der Waals surface area contributed by atoms with E-state index in [-0.39, 0.29) is 47.1 Å². The molecule has 268 valence electrons. The zero-order chi connectivity index (χ0) is 36.1. The number of hydrogen-bond acceptors (Lipinski definition) is 13. The lowest BCUT2D eigenvalue weighted by Gasteiger charge is -2.27. The largest absolute Gasteiger partial charge is 0.479 e. The van der Waals surface area contributed by atoms with Crippen molar-refractivity contribution in [2.24, 2.45) is 0 Å². The summed E-state index contributed by atoms with van der Waals surface area (Å²) >= 11 is 5.97. The number of hydrogen-bond donors (Lipinski definition) is 4. The summed E-state index contributed by atoms with van der Waals surface area (Å²) in [7, 11) is -3.22. The standard InChI is InChI=1S/C30H31ClF3N6O9P/c1-28(43)22(41)20(48-25(28)40-15-36-21-23(40)37-27(35)38-24(21)45-2)14-47-50(44,49-18-9-7-17(31)8-10-18)39-29(11-12-29)26(42)46-13-16-5-3-4-6-19(16)30(32,33)34/h3-10,15,20,22,25,41,43H,11-14H2,1-2H3,(H,39,44)(H2,35,37,38)/t20?,22-,25?,28-,50?/m1/s1. The quantitative estimate of drug-likeness (QED) is 0.119. The number of aliphatic hydroxyl groups is 2. The molecule has 1 aliphatic carbocycles. The summed E-state index contributed by atoms with van der Waals surface area (Å²) in [5.74, 6) is -1.06. The van der Waals surface area contributed by atoms with Crippen LogP contribution in [0.15, 0.2) is 54.9 Å². The molecule has 15 nitrogen and oxygen atoms in total. The van der Waals surface area contributed by atoms with Crippen LogP contribution in [0.2, 0.25) is 5.02 Å². The highest BCUT2D eigenvalue weighted by atomic mass is 35.5. The molecule has 3 unspecified atom stereocenters. The molecule has 0 bridgehead atoms. The molecule has 1 saturated carbocycles. The summed E-state index contributed by atoms with van der Waals surface area (Å²) in [6, 6.07) is 10.3. The number of alkyl halides is 3. The van der Waals surface area contributed by atoms with Gasteiger partial charge in [0.25, 0.3) is 0 Å². The Labute approximate surface area is 287 Å². The average Bonchev–Trinajstić information content (AvgIpc) is 3.66. The number of nitrogens with one attached hydrogen (secondary N) is 1. The molecule has 2 aliphatic rings. The number of esters is 1. The van der Waals surface area contributed by atoms with Crippen molar-refractivity contribution in [3.8, 4) is 11.6 Å². The number of halogens is 4. The van der Waals surface area contributed by atoms with Gasteiger partial charge in [-0.15, -0.1) is 0 Å². The number of nitrogen functional groups attached to an aromatic ring is 1. The molecule has 1 saturated heterocycles. The van der Waals surface area contributed by atoms with Gasteiger partial charge in [-0.25, -0.2) is 9.55 Å². The number of fused-ring (bicyclic) bond motifs is 1. The maximum atomic E-state index is 14.3. The molecule has 0 spiro atoms. The Morgan fingerprint density at radius 3 is 2.56 bits per heavy atom. The topological polar surface area (TPSA) is 202 Å². The third-order valence-corrected chi connectivity index (χ3v) is 10.1. The summed E-state index contributed by atoms with van der Waals surface area (Å²) in [6.07, 6.45) is -7.51. The van der Waals surface area contributed by atoms with Crippen molar-refractivity contribution in [1.82, 2.24) is 24.6 Å². The monoisotopic (exact) mass is 742 g/mol. The fourth-order valence-electron chi connectivity index (χ4n) is 5.44. The molecule has 50 heavy (non-hydrogen) atoms. The fourth-order valence-corrected chi connectivity index (χ4v) is 7.31. The summed E-state index contributed by atoms with van der Waals surface area (Å²) in [5.41, 5.74) is 1.28. The first kappa shape index (κ1) is 35.8. The van der Waals surface area contributed by atoms with Gasteiger partial charge in [0.05, 0.1) is 25.6 Å². The summed E-state index contributed by atoms with van der Waals surface area (Å²) in [4.78, 5) is 25.6. The van der Waals surface area contributed by atoms with E-state index in [1.165, 1.54) is 67.4 Å². The number of carbonyl (C=O) groups is 1. The second-order valence-electron chi connectivity index (χ2n) is 11.9. The number of carbonyl (C=O) groups excluding carboxylic acids is 1. The number of imidazole rings is 1. The fraction of sp³-hybridized carbons (Fsp3) is 0.400. The maximum absolute atomic E-state index is 14.3. The van der Waals surface area contributed by atoms with Gasteiger partial charge in [-0.05, 0) is 50.1 Å². The Kier molecular flexibility index (Phi) is 9.49. The van der Waals surface area contributed by atoms with Gasteiger partial charge in [0.15, 0.2) is 17.4 Å². The molecule has 20 heteroatoms. The van der Waals surface area contributed by atoms with Crippen LogP contribution in [0.25, 0.3) is 11.2 Å². The van der Waals surface area contributed by atoms with Crippen molar-refractivity contribution >= 4 is 42.4 Å². The van der Waals surface area contributed by atoms with Crippen molar-refractivity contribution in [3.05, 3.63) is 71.0 Å². The van der Waals surface area contributed by atoms with Gasteiger partial charge in [0.2, 0.25) is 11.8 Å². The number of aliphatic hydroxyl groups excluding tert-OH is 1. The normalized spacial score (nSPS) is 24.1. The first-order valence-corrected chi connectivity index (χ1v) is 16.9. The van der Waals surface area contributed by atoms with E-state index in [1.807, 2.05) is 0 Å². The third-order valence-electron chi connectivity index (χ3n) is 8.23. The molecule has 2 fully saturated rings. The molecule has 0 radical (unpaired) electrons. The number of anilines is 1. The number of nitrogens with two attached hydrogens (primary N) is 1. The number of rotatable bonds is 12. The van der Waals surface area contributed by atoms with E-state index < -0.39 is 68.2 Å². The number of aromatic nitrogens is 4. The van der Waals surface area contributed by atoms with Crippen molar-refractivity contribution < 1.29 is 56.0 Å². The Hall–Kier alpha value is -4.03. The summed E-state index contributed by atoms with van der Waals surface area (Å²) in [5, 5.41) is 25.4. The van der Waals surface area contributed by atoms with Crippen LogP contribution in [0.1, 0.15) is 37.1 Å². The van der Waals surface area contributed by atoms with Crippen LogP contribution < -0.4 is 20.1 Å². The molecule has 6 rings (SSSR count). The first-order valence-electron chi connectivity index (χ1n) is 15.0. The number of nitrogens with zero attached hydrogens (tertiary/aromatic N) is 4. The predicted octanol–water partition coefficient (Wildman–Crippen LogP) is 4.17. The lowest BCUT2D eigenvalue weighted by atomic mass is 9.96. The zero-order valence-corrected chi connectivity index (χ0v) is 28.0. The second-order valence-corrected chi connectivity index (χ2v) is 14.0. The molecule has 5 atom stereocenters. The Bertz CT molecular complexity index is 1940. The Balaban J connectivity index is 1.21. The van der Waals surface area contributed by atoms with Crippen LogP contribution in [0, 0.1) is 0 Å². The van der Waals surface area contributed by atoms with Gasteiger partial charge in [-0.1, -0.05) is 29.8 Å². The molecular formula is C30H31ClF3N6O9P. The van der Waals surface area contributed by atoms with Crippen LogP contribution in [0.3, 0.4) is 0 Å². The SMILES string of the molecule is COc1nc(N)nc2c1ncn2C1OC(COP(=O)(NC2(C(=O)OCc3ccccc3C(F)(F)F)CC2)Oc2ccc(Cl)cc2)[C@@H](O)[C@@]1(C)O. The van der Waals surface area contributed by atoms with Gasteiger partial charge < -0.3 is 34.7 Å². The molecule has 4 aromatic rings. The number of methoxy groups -OCH3 is 1. The molecule has 5 N–H and O–H groups in total. The van der Waals surface area contributed by atoms with E-state index in [4.69, 9.17) is 40.6 Å². The highest BCUT2D eigenvalue weighted by molar-refractivity contribution is 7.52.